The third-order valence-corrected chi connectivity index (χ3v) is 5.81. The first-order valence-corrected chi connectivity index (χ1v) is 9.89. The van der Waals surface area contributed by atoms with E-state index in [0.717, 1.165) is 16.4 Å². The zero-order valence-corrected chi connectivity index (χ0v) is 16.2. The number of hydrogen-bond donors (Lipinski definition) is 1. The second-order valence-corrected chi connectivity index (χ2v) is 8.08. The van der Waals surface area contributed by atoms with Crippen molar-refractivity contribution < 1.29 is 9.21 Å². The maximum absolute atomic E-state index is 12.3. The van der Waals surface area contributed by atoms with Gasteiger partial charge in [-0.2, -0.15) is 0 Å². The number of aryl methyl sites for hydroxylation is 1. The average Bonchev–Trinajstić information content (AvgIpc) is 3.21. The summed E-state index contributed by atoms with van der Waals surface area (Å²) in [5.41, 5.74) is 0.349. The first-order chi connectivity index (χ1) is 12.0. The molecule has 25 heavy (non-hydrogen) atoms. The van der Waals surface area contributed by atoms with E-state index in [4.69, 9.17) is 27.6 Å². The molecule has 9 heteroatoms. The van der Waals surface area contributed by atoms with E-state index in [2.05, 4.69) is 15.3 Å². The van der Waals surface area contributed by atoms with Gasteiger partial charge in [0.25, 0.3) is 5.91 Å². The molecule has 0 spiro atoms. The lowest BCUT2D eigenvalue weighted by atomic mass is 10.2. The third kappa shape index (κ3) is 4.76. The molecule has 130 valence electrons. The Morgan fingerprint density at radius 3 is 2.88 bits per heavy atom. The lowest BCUT2D eigenvalue weighted by Crippen LogP contribution is -2.12. The van der Waals surface area contributed by atoms with Crippen LogP contribution < -0.4 is 5.32 Å². The van der Waals surface area contributed by atoms with Crippen molar-refractivity contribution in [2.45, 2.75) is 23.3 Å². The smallest absolute Gasteiger partial charge is 0.258 e. The molecule has 0 aliphatic heterocycles. The highest BCUT2D eigenvalue weighted by molar-refractivity contribution is 8.00. The van der Waals surface area contributed by atoms with Crippen molar-refractivity contribution in [2.24, 2.45) is 0 Å². The fourth-order valence-electron chi connectivity index (χ4n) is 1.93. The Kier molecular flexibility index (Phi) is 6.01. The number of nitrogens with one attached hydrogen (secondary N) is 1. The molecule has 3 rings (SSSR count). The molecule has 0 saturated carbocycles. The predicted octanol–water partition coefficient (Wildman–Crippen LogP) is 5.54. The predicted molar refractivity (Wildman–Crippen MR) is 102 cm³/mol. The van der Waals surface area contributed by atoms with Crippen LogP contribution in [0.3, 0.4) is 0 Å². The highest BCUT2D eigenvalue weighted by Gasteiger charge is 2.13. The molecule has 2 heterocycles. The van der Waals surface area contributed by atoms with E-state index in [0.29, 0.717) is 32.4 Å². The second kappa shape index (κ2) is 8.23. The fourth-order valence-corrected chi connectivity index (χ4v) is 4.15. The van der Waals surface area contributed by atoms with Gasteiger partial charge in [0.15, 0.2) is 5.13 Å². The van der Waals surface area contributed by atoms with Crippen LogP contribution >= 0.6 is 46.3 Å². The summed E-state index contributed by atoms with van der Waals surface area (Å²) in [5.74, 6) is 1.83. The monoisotopic (exact) mass is 413 g/mol. The number of oxazole rings is 1. The van der Waals surface area contributed by atoms with Gasteiger partial charge in [-0.25, -0.2) is 9.97 Å². The molecular weight excluding hydrogens is 401 g/mol. The third-order valence-electron chi connectivity index (χ3n) is 3.17. The number of thiazole rings is 1. The molecule has 0 bridgehead atoms. The lowest BCUT2D eigenvalue weighted by Gasteiger charge is -2.04. The van der Waals surface area contributed by atoms with Gasteiger partial charge in [0, 0.05) is 11.4 Å². The lowest BCUT2D eigenvalue weighted by molar-refractivity contribution is 0.102. The van der Waals surface area contributed by atoms with Crippen molar-refractivity contribution in [2.75, 3.05) is 5.32 Å². The van der Waals surface area contributed by atoms with E-state index >= 15 is 0 Å². The van der Waals surface area contributed by atoms with Gasteiger partial charge in [-0.3, -0.25) is 10.1 Å². The summed E-state index contributed by atoms with van der Waals surface area (Å²) in [6, 6.07) is 4.73. The van der Waals surface area contributed by atoms with Gasteiger partial charge in [0.1, 0.15) is 5.76 Å². The van der Waals surface area contributed by atoms with E-state index in [-0.39, 0.29) is 5.91 Å². The van der Waals surface area contributed by atoms with E-state index in [1.54, 1.807) is 36.3 Å². The molecule has 5 nitrogen and oxygen atoms in total. The topological polar surface area (TPSA) is 68.0 Å². The minimum absolute atomic E-state index is 0.298. The fraction of sp³-hybridized carbons (Fsp3) is 0.188. The summed E-state index contributed by atoms with van der Waals surface area (Å²) in [4.78, 5) is 20.7. The summed E-state index contributed by atoms with van der Waals surface area (Å²) in [5, 5.41) is 4.02. The molecule has 3 aromatic rings. The molecule has 0 atom stereocenters. The van der Waals surface area contributed by atoms with Crippen LogP contribution in [0.25, 0.3) is 0 Å². The summed E-state index contributed by atoms with van der Waals surface area (Å²) in [7, 11) is 0. The van der Waals surface area contributed by atoms with E-state index < -0.39 is 0 Å². The molecule has 0 saturated heterocycles. The van der Waals surface area contributed by atoms with Crippen LogP contribution in [0.1, 0.15) is 28.9 Å². The zero-order valence-electron chi connectivity index (χ0n) is 13.1. The van der Waals surface area contributed by atoms with Crippen molar-refractivity contribution in [1.82, 2.24) is 9.97 Å². The number of benzene rings is 1. The number of rotatable bonds is 6. The highest BCUT2D eigenvalue weighted by Crippen LogP contribution is 2.31. The van der Waals surface area contributed by atoms with Gasteiger partial charge in [0.05, 0.1) is 32.9 Å². The number of nitrogens with zero attached hydrogens (tertiary/aromatic N) is 2. The van der Waals surface area contributed by atoms with Crippen molar-refractivity contribution in [3.05, 3.63) is 57.9 Å². The molecule has 0 unspecified atom stereocenters. The van der Waals surface area contributed by atoms with Crippen molar-refractivity contribution in [3.8, 4) is 0 Å². The summed E-state index contributed by atoms with van der Waals surface area (Å²) >= 11 is 14.8. The number of amides is 1. The Hall–Kier alpha value is -1.54. The van der Waals surface area contributed by atoms with Crippen molar-refractivity contribution in [3.63, 3.8) is 0 Å². The van der Waals surface area contributed by atoms with E-state index in [9.17, 15) is 4.79 Å². The molecule has 1 aromatic carbocycles. The van der Waals surface area contributed by atoms with Crippen LogP contribution in [-0.4, -0.2) is 15.9 Å². The molecule has 1 amide bonds. The molecular formula is C16H13Cl2N3O2S2. The average molecular weight is 414 g/mol. The highest BCUT2D eigenvalue weighted by atomic mass is 35.5. The molecule has 0 aliphatic carbocycles. The van der Waals surface area contributed by atoms with Crippen LogP contribution in [0.15, 0.2) is 39.2 Å². The van der Waals surface area contributed by atoms with E-state index in [1.807, 2.05) is 6.92 Å². The van der Waals surface area contributed by atoms with Gasteiger partial charge < -0.3 is 4.42 Å². The van der Waals surface area contributed by atoms with Gasteiger partial charge in [-0.1, -0.05) is 41.5 Å². The number of aromatic nitrogens is 2. The van der Waals surface area contributed by atoms with Crippen molar-refractivity contribution >= 4 is 57.3 Å². The van der Waals surface area contributed by atoms with Gasteiger partial charge in [0.2, 0.25) is 5.89 Å². The van der Waals surface area contributed by atoms with Gasteiger partial charge in [-0.15, -0.1) is 11.8 Å². The first-order valence-electron chi connectivity index (χ1n) is 7.33. The zero-order chi connectivity index (χ0) is 17.8. The number of carbonyl (C=O) groups is 1. The van der Waals surface area contributed by atoms with E-state index in [1.165, 1.54) is 17.4 Å². The number of anilines is 1. The summed E-state index contributed by atoms with van der Waals surface area (Å²) < 4.78 is 6.52. The van der Waals surface area contributed by atoms with Crippen molar-refractivity contribution in [1.29, 1.82) is 0 Å². The number of thioether (sulfide) groups is 1. The van der Waals surface area contributed by atoms with Crippen LogP contribution in [0, 0.1) is 0 Å². The Bertz CT molecular complexity index is 895. The van der Waals surface area contributed by atoms with Crippen LogP contribution in [0.2, 0.25) is 10.0 Å². The second-order valence-electron chi connectivity index (χ2n) is 4.93. The molecule has 2 aromatic heterocycles. The Labute approximate surface area is 162 Å². The minimum Gasteiger partial charge on any atom is -0.445 e. The maximum Gasteiger partial charge on any atom is 0.258 e. The van der Waals surface area contributed by atoms with Crippen LogP contribution in [0.5, 0.6) is 0 Å². The maximum atomic E-state index is 12.3. The molecule has 0 aliphatic rings. The molecule has 0 fully saturated rings. The van der Waals surface area contributed by atoms with Gasteiger partial charge >= 0.3 is 0 Å². The Morgan fingerprint density at radius 2 is 2.16 bits per heavy atom. The molecule has 1 N–H and O–H groups in total. The standard InChI is InChI=1S/C16H13Cl2N3O2S2/c1-2-10-6-19-13(23-10)8-24-14-7-20-16(25-14)21-15(22)11-4-3-9(17)5-12(11)18/h3-7H,2,8H2,1H3,(H,20,21,22). The first kappa shape index (κ1) is 18.3. The summed E-state index contributed by atoms with van der Waals surface area (Å²) in [6.07, 6.45) is 4.27. The molecule has 0 radical (unpaired) electrons. The summed E-state index contributed by atoms with van der Waals surface area (Å²) in [6.45, 7) is 2.02. The SMILES string of the molecule is CCc1cnc(CSc2cnc(NC(=O)c3ccc(Cl)cc3Cl)s2)o1. The van der Waals surface area contributed by atoms with Gasteiger partial charge in [-0.05, 0) is 18.2 Å². The Balaban J connectivity index is 1.60. The minimum atomic E-state index is -0.326. The normalized spacial score (nSPS) is 10.8. The largest absolute Gasteiger partial charge is 0.445 e. The number of carbonyl (C=O) groups excluding carboxylic acids is 1. The number of halogens is 2. The Morgan fingerprint density at radius 1 is 1.32 bits per heavy atom. The number of hydrogen-bond acceptors (Lipinski definition) is 6. The van der Waals surface area contributed by atoms with Crippen LogP contribution in [-0.2, 0) is 12.2 Å². The van der Waals surface area contributed by atoms with Crippen LogP contribution in [0.4, 0.5) is 5.13 Å². The quantitative estimate of drug-likeness (QED) is 0.536.